The van der Waals surface area contributed by atoms with Crippen LogP contribution in [0.1, 0.15) is 28.3 Å². The Morgan fingerprint density at radius 3 is 2.57 bits per heavy atom. The van der Waals surface area contributed by atoms with Crippen molar-refractivity contribution in [3.8, 4) is 0 Å². The molecule has 0 aromatic heterocycles. The summed E-state index contributed by atoms with van der Waals surface area (Å²) in [6.45, 7) is 0.453. The van der Waals surface area contributed by atoms with Gasteiger partial charge in [-0.3, -0.25) is 14.5 Å². The largest absolute Gasteiger partial charge is 0.278 e. The maximum Gasteiger partial charge on any atom is 0.260 e. The van der Waals surface area contributed by atoms with Crippen LogP contribution in [0.15, 0.2) is 59.1 Å². The number of imide groups is 1. The zero-order valence-corrected chi connectivity index (χ0v) is 12.9. The van der Waals surface area contributed by atoms with Gasteiger partial charge in [-0.05, 0) is 23.8 Å². The smallest absolute Gasteiger partial charge is 0.260 e. The number of carbonyl (C=O) groups excluding carboxylic acids is 2. The standard InChI is InChI=1S/C17H14BrNO2/c18-15-8-4-7-13(9-15)17(21)19-11-14(10-16(19)20)12-5-2-1-3-6-12/h1-9,14H,10-11H2/t14-/m0/s1. The first kappa shape index (κ1) is 14.0. The van der Waals surface area contributed by atoms with Crippen LogP contribution in [0.4, 0.5) is 0 Å². The lowest BCUT2D eigenvalue weighted by Crippen LogP contribution is -2.32. The highest BCUT2D eigenvalue weighted by atomic mass is 79.9. The number of halogens is 1. The van der Waals surface area contributed by atoms with Crippen LogP contribution >= 0.6 is 15.9 Å². The minimum absolute atomic E-state index is 0.0924. The Morgan fingerprint density at radius 2 is 1.86 bits per heavy atom. The van der Waals surface area contributed by atoms with Gasteiger partial charge in [0, 0.05) is 28.9 Å². The van der Waals surface area contributed by atoms with Crippen molar-refractivity contribution in [2.75, 3.05) is 6.54 Å². The monoisotopic (exact) mass is 343 g/mol. The molecule has 3 rings (SSSR count). The Bertz CT molecular complexity index is 684. The first-order valence-corrected chi connectivity index (χ1v) is 7.59. The summed E-state index contributed by atoms with van der Waals surface area (Å²) in [6, 6.07) is 17.0. The number of amides is 2. The molecular formula is C17H14BrNO2. The molecular weight excluding hydrogens is 330 g/mol. The molecule has 0 bridgehead atoms. The second-order valence-corrected chi connectivity index (χ2v) is 6.05. The number of rotatable bonds is 2. The van der Waals surface area contributed by atoms with E-state index >= 15 is 0 Å². The van der Waals surface area contributed by atoms with Gasteiger partial charge < -0.3 is 0 Å². The molecule has 21 heavy (non-hydrogen) atoms. The van der Waals surface area contributed by atoms with E-state index in [1.165, 1.54) is 4.90 Å². The van der Waals surface area contributed by atoms with E-state index in [4.69, 9.17) is 0 Å². The van der Waals surface area contributed by atoms with Gasteiger partial charge in [-0.1, -0.05) is 52.3 Å². The minimum Gasteiger partial charge on any atom is -0.278 e. The van der Waals surface area contributed by atoms with Crippen LogP contribution in [0.5, 0.6) is 0 Å². The second kappa shape index (κ2) is 5.82. The van der Waals surface area contributed by atoms with E-state index in [0.29, 0.717) is 18.5 Å². The summed E-state index contributed by atoms with van der Waals surface area (Å²) >= 11 is 3.35. The van der Waals surface area contributed by atoms with E-state index in [0.717, 1.165) is 10.0 Å². The van der Waals surface area contributed by atoms with Crippen LogP contribution < -0.4 is 0 Å². The molecule has 1 aliphatic heterocycles. The molecule has 2 aromatic carbocycles. The number of benzene rings is 2. The number of carbonyl (C=O) groups is 2. The summed E-state index contributed by atoms with van der Waals surface area (Å²) in [7, 11) is 0. The van der Waals surface area contributed by atoms with Crippen LogP contribution in [0.25, 0.3) is 0 Å². The quantitative estimate of drug-likeness (QED) is 0.781. The zero-order valence-electron chi connectivity index (χ0n) is 11.3. The van der Waals surface area contributed by atoms with Gasteiger partial charge in [0.25, 0.3) is 5.91 Å². The molecule has 4 heteroatoms. The van der Waals surface area contributed by atoms with Crippen molar-refractivity contribution in [2.24, 2.45) is 0 Å². The van der Waals surface area contributed by atoms with Gasteiger partial charge in [0.05, 0.1) is 0 Å². The molecule has 3 nitrogen and oxygen atoms in total. The topological polar surface area (TPSA) is 37.4 Å². The number of hydrogen-bond acceptors (Lipinski definition) is 2. The molecule has 106 valence electrons. The molecule has 1 atom stereocenters. The van der Waals surface area contributed by atoms with Crippen LogP contribution in [-0.2, 0) is 4.79 Å². The Labute approximate surface area is 131 Å². The fourth-order valence-electron chi connectivity index (χ4n) is 2.63. The fraction of sp³-hybridized carbons (Fsp3) is 0.176. The average molecular weight is 344 g/mol. The van der Waals surface area contributed by atoms with Gasteiger partial charge in [0.1, 0.15) is 0 Å². The van der Waals surface area contributed by atoms with Crippen molar-refractivity contribution >= 4 is 27.7 Å². The van der Waals surface area contributed by atoms with Gasteiger partial charge in [-0.2, -0.15) is 0 Å². The van der Waals surface area contributed by atoms with Gasteiger partial charge in [-0.15, -0.1) is 0 Å². The summed E-state index contributed by atoms with van der Waals surface area (Å²) < 4.78 is 0.833. The molecule has 0 unspecified atom stereocenters. The van der Waals surface area contributed by atoms with Crippen LogP contribution in [-0.4, -0.2) is 23.3 Å². The normalized spacial score (nSPS) is 18.0. The van der Waals surface area contributed by atoms with Crippen molar-refractivity contribution in [1.82, 2.24) is 4.90 Å². The Morgan fingerprint density at radius 1 is 1.10 bits per heavy atom. The Balaban J connectivity index is 1.81. The molecule has 0 saturated carbocycles. The Hall–Kier alpha value is -1.94. The lowest BCUT2D eigenvalue weighted by Gasteiger charge is -2.15. The highest BCUT2D eigenvalue weighted by molar-refractivity contribution is 9.10. The fourth-order valence-corrected chi connectivity index (χ4v) is 3.03. The van der Waals surface area contributed by atoms with E-state index in [9.17, 15) is 9.59 Å². The molecule has 0 N–H and O–H groups in total. The van der Waals surface area contributed by atoms with Gasteiger partial charge >= 0.3 is 0 Å². The average Bonchev–Trinajstić information content (AvgIpc) is 2.89. The van der Waals surface area contributed by atoms with E-state index in [-0.39, 0.29) is 17.7 Å². The lowest BCUT2D eigenvalue weighted by molar-refractivity contribution is -0.125. The molecule has 0 spiro atoms. The SMILES string of the molecule is O=C1C[C@H](c2ccccc2)CN1C(=O)c1cccc(Br)c1. The van der Waals surface area contributed by atoms with E-state index in [1.807, 2.05) is 36.4 Å². The molecule has 1 heterocycles. The lowest BCUT2D eigenvalue weighted by atomic mass is 9.98. The maximum absolute atomic E-state index is 12.5. The molecule has 0 radical (unpaired) electrons. The third-order valence-corrected chi connectivity index (χ3v) is 4.21. The van der Waals surface area contributed by atoms with E-state index in [1.54, 1.807) is 18.2 Å². The van der Waals surface area contributed by atoms with Crippen LogP contribution in [0, 0.1) is 0 Å². The molecule has 1 fully saturated rings. The van der Waals surface area contributed by atoms with Crippen LogP contribution in [0.3, 0.4) is 0 Å². The van der Waals surface area contributed by atoms with Crippen LogP contribution in [0.2, 0.25) is 0 Å². The summed E-state index contributed by atoms with van der Waals surface area (Å²) in [5, 5.41) is 0. The molecule has 2 amide bonds. The van der Waals surface area contributed by atoms with Crippen molar-refractivity contribution in [2.45, 2.75) is 12.3 Å². The van der Waals surface area contributed by atoms with Crippen molar-refractivity contribution < 1.29 is 9.59 Å². The van der Waals surface area contributed by atoms with Crippen molar-refractivity contribution in [3.63, 3.8) is 0 Å². The van der Waals surface area contributed by atoms with Gasteiger partial charge in [0.15, 0.2) is 0 Å². The summed E-state index contributed by atoms with van der Waals surface area (Å²) in [5.41, 5.74) is 1.64. The van der Waals surface area contributed by atoms with Crippen molar-refractivity contribution in [1.29, 1.82) is 0 Å². The van der Waals surface area contributed by atoms with Crippen molar-refractivity contribution in [3.05, 3.63) is 70.2 Å². The van der Waals surface area contributed by atoms with E-state index in [2.05, 4.69) is 15.9 Å². The summed E-state index contributed by atoms with van der Waals surface area (Å²) in [5.74, 6) is -0.233. The third-order valence-electron chi connectivity index (χ3n) is 3.71. The number of nitrogens with zero attached hydrogens (tertiary/aromatic N) is 1. The van der Waals surface area contributed by atoms with Gasteiger partial charge in [0.2, 0.25) is 5.91 Å². The second-order valence-electron chi connectivity index (χ2n) is 5.13. The predicted octanol–water partition coefficient (Wildman–Crippen LogP) is 3.61. The zero-order chi connectivity index (χ0) is 14.8. The predicted molar refractivity (Wildman–Crippen MR) is 84.0 cm³/mol. The highest BCUT2D eigenvalue weighted by Gasteiger charge is 2.34. The first-order chi connectivity index (χ1) is 10.1. The summed E-state index contributed by atoms with van der Waals surface area (Å²) in [4.78, 5) is 26.0. The molecule has 1 aliphatic rings. The van der Waals surface area contributed by atoms with E-state index < -0.39 is 0 Å². The Kier molecular flexibility index (Phi) is 3.88. The molecule has 1 saturated heterocycles. The van der Waals surface area contributed by atoms with Gasteiger partial charge in [-0.25, -0.2) is 0 Å². The summed E-state index contributed by atoms with van der Waals surface area (Å²) in [6.07, 6.45) is 0.393. The number of likely N-dealkylation sites (tertiary alicyclic amines) is 1. The molecule has 2 aromatic rings. The maximum atomic E-state index is 12.5. The number of hydrogen-bond donors (Lipinski definition) is 0. The third kappa shape index (κ3) is 2.90. The minimum atomic E-state index is -0.222. The highest BCUT2D eigenvalue weighted by Crippen LogP contribution is 2.29. The first-order valence-electron chi connectivity index (χ1n) is 6.80. The molecule has 0 aliphatic carbocycles.